The lowest BCUT2D eigenvalue weighted by molar-refractivity contribution is -0.186. The molecule has 184 valence electrons. The first kappa shape index (κ1) is 25.2. The minimum atomic E-state index is -1.71. The largest absolute Gasteiger partial charge is 0.461 e. The Hall–Kier alpha value is -2.42. The summed E-state index contributed by atoms with van der Waals surface area (Å²) in [6.45, 7) is 11.0. The Kier molecular flexibility index (Phi) is 6.68. The number of hydrogen-bond donors (Lipinski definition) is 1. The van der Waals surface area contributed by atoms with Gasteiger partial charge in [0.25, 0.3) is 0 Å². The second-order valence-electron chi connectivity index (χ2n) is 9.94. The highest BCUT2D eigenvalue weighted by Crippen LogP contribution is 2.56. The zero-order valence-electron chi connectivity index (χ0n) is 20.2. The lowest BCUT2D eigenvalue weighted by Gasteiger charge is -2.40. The van der Waals surface area contributed by atoms with Crippen molar-refractivity contribution in [2.75, 3.05) is 0 Å². The molecule has 0 aromatic carbocycles. The van der Waals surface area contributed by atoms with Crippen molar-refractivity contribution in [2.24, 2.45) is 23.7 Å². The second-order valence-corrected chi connectivity index (χ2v) is 9.94. The highest BCUT2D eigenvalue weighted by molar-refractivity contribution is 5.85. The summed E-state index contributed by atoms with van der Waals surface area (Å²) in [7, 11) is 0. The summed E-state index contributed by atoms with van der Waals surface area (Å²) >= 11 is 0. The van der Waals surface area contributed by atoms with E-state index >= 15 is 0 Å². The number of rotatable bonds is 5. The van der Waals surface area contributed by atoms with Gasteiger partial charge in [0.05, 0.1) is 17.9 Å². The quantitative estimate of drug-likeness (QED) is 0.368. The first-order valence-electron chi connectivity index (χ1n) is 11.4. The highest BCUT2D eigenvalue weighted by Gasteiger charge is 2.69. The van der Waals surface area contributed by atoms with Gasteiger partial charge in [-0.25, -0.2) is 4.79 Å². The SMILES string of the molecule is CCC(C)C(=O)OC1CC(C)(OC(C)=O)C2C(O)C=C(C)C2C2OC(=O)C(C)(OC(C)=O)C12. The molecule has 0 radical (unpaired) electrons. The molecule has 1 N–H and O–H groups in total. The number of carbonyl (C=O) groups excluding carboxylic acids is 4. The molecule has 9 unspecified atom stereocenters. The van der Waals surface area contributed by atoms with E-state index in [1.807, 2.05) is 6.92 Å². The first-order chi connectivity index (χ1) is 15.2. The Morgan fingerprint density at radius 1 is 1.18 bits per heavy atom. The molecule has 0 bridgehead atoms. The third kappa shape index (κ3) is 4.27. The van der Waals surface area contributed by atoms with Crippen LogP contribution in [0.2, 0.25) is 0 Å². The van der Waals surface area contributed by atoms with Gasteiger partial charge in [0.1, 0.15) is 17.8 Å². The molecule has 1 heterocycles. The third-order valence-electron chi connectivity index (χ3n) is 7.43. The molecule has 9 atom stereocenters. The van der Waals surface area contributed by atoms with Crippen molar-refractivity contribution < 1.29 is 43.2 Å². The number of esters is 4. The van der Waals surface area contributed by atoms with Crippen molar-refractivity contribution in [2.45, 2.75) is 90.8 Å². The molecule has 0 amide bonds. The van der Waals surface area contributed by atoms with Crippen molar-refractivity contribution in [3.63, 3.8) is 0 Å². The monoisotopic (exact) mass is 466 g/mol. The van der Waals surface area contributed by atoms with Gasteiger partial charge in [0.15, 0.2) is 0 Å². The summed E-state index contributed by atoms with van der Waals surface area (Å²) in [5.74, 6) is -4.87. The van der Waals surface area contributed by atoms with E-state index in [0.29, 0.717) is 6.42 Å². The average molecular weight is 467 g/mol. The van der Waals surface area contributed by atoms with Crippen LogP contribution in [-0.2, 0) is 38.1 Å². The maximum absolute atomic E-state index is 13.0. The van der Waals surface area contributed by atoms with Gasteiger partial charge < -0.3 is 24.1 Å². The standard InChI is InChI=1S/C24H34O9/c1-8-11(2)21(28)30-16-10-23(6,32-13(4)25)18-15(27)9-12(3)17(18)20-19(16)24(7,22(29)31-20)33-14(5)26/h9,11,15-20,27H,8,10H2,1-7H3. The lowest BCUT2D eigenvalue weighted by atomic mass is 9.74. The highest BCUT2D eigenvalue weighted by atomic mass is 16.6. The van der Waals surface area contributed by atoms with E-state index in [1.54, 1.807) is 26.8 Å². The summed E-state index contributed by atoms with van der Waals surface area (Å²) in [4.78, 5) is 49.9. The van der Waals surface area contributed by atoms with Crippen LogP contribution in [0.15, 0.2) is 11.6 Å². The predicted molar refractivity (Wildman–Crippen MR) is 114 cm³/mol. The first-order valence-corrected chi connectivity index (χ1v) is 11.4. The van der Waals surface area contributed by atoms with E-state index < -0.39 is 77.1 Å². The Balaban J connectivity index is 2.17. The maximum atomic E-state index is 13.0. The molecule has 3 aliphatic rings. The van der Waals surface area contributed by atoms with E-state index in [0.717, 1.165) is 5.57 Å². The Labute approximate surface area is 193 Å². The van der Waals surface area contributed by atoms with Crippen LogP contribution in [0.5, 0.6) is 0 Å². The fourth-order valence-corrected chi connectivity index (χ4v) is 5.87. The van der Waals surface area contributed by atoms with Crippen molar-refractivity contribution >= 4 is 23.9 Å². The van der Waals surface area contributed by atoms with Crippen LogP contribution in [0.25, 0.3) is 0 Å². The predicted octanol–water partition coefficient (Wildman–Crippen LogP) is 2.09. The number of fused-ring (bicyclic) bond motifs is 3. The summed E-state index contributed by atoms with van der Waals surface area (Å²) in [5.41, 5.74) is -2.19. The minimum absolute atomic E-state index is 0.00274. The molecule has 2 aliphatic carbocycles. The van der Waals surface area contributed by atoms with Crippen molar-refractivity contribution in [3.05, 3.63) is 11.6 Å². The summed E-state index contributed by atoms with van der Waals surface area (Å²) in [5, 5.41) is 10.9. The molecule has 33 heavy (non-hydrogen) atoms. The number of carbonyl (C=O) groups is 4. The molecule has 1 aliphatic heterocycles. The van der Waals surface area contributed by atoms with Gasteiger partial charge in [0.2, 0.25) is 5.60 Å². The molecule has 3 rings (SSSR count). The molecule has 1 saturated carbocycles. The van der Waals surface area contributed by atoms with Gasteiger partial charge in [-0.3, -0.25) is 14.4 Å². The molecule has 0 spiro atoms. The number of aliphatic hydroxyl groups is 1. The summed E-state index contributed by atoms with van der Waals surface area (Å²) in [6.07, 6.45) is -0.584. The van der Waals surface area contributed by atoms with E-state index in [2.05, 4.69) is 0 Å². The van der Waals surface area contributed by atoms with Gasteiger partial charge in [-0.2, -0.15) is 0 Å². The Bertz CT molecular complexity index is 879. The molecule has 1 saturated heterocycles. The normalized spacial score (nSPS) is 40.5. The van der Waals surface area contributed by atoms with Crippen molar-refractivity contribution in [1.29, 1.82) is 0 Å². The summed E-state index contributed by atoms with van der Waals surface area (Å²) < 4.78 is 23.0. The van der Waals surface area contributed by atoms with Gasteiger partial charge in [-0.1, -0.05) is 25.5 Å². The van der Waals surface area contributed by atoms with Crippen LogP contribution in [0.3, 0.4) is 0 Å². The van der Waals surface area contributed by atoms with Gasteiger partial charge >= 0.3 is 23.9 Å². The lowest BCUT2D eigenvalue weighted by Crippen LogP contribution is -2.51. The molecule has 9 nitrogen and oxygen atoms in total. The molecule has 9 heteroatoms. The third-order valence-corrected chi connectivity index (χ3v) is 7.43. The fourth-order valence-electron chi connectivity index (χ4n) is 5.87. The topological polar surface area (TPSA) is 125 Å². The van der Waals surface area contributed by atoms with E-state index in [9.17, 15) is 24.3 Å². The van der Waals surface area contributed by atoms with Crippen LogP contribution in [0.4, 0.5) is 0 Å². The minimum Gasteiger partial charge on any atom is -0.461 e. The smallest absolute Gasteiger partial charge is 0.351 e. The number of ether oxygens (including phenoxy) is 4. The summed E-state index contributed by atoms with van der Waals surface area (Å²) in [6, 6.07) is 0. The average Bonchev–Trinajstić information content (AvgIpc) is 3.07. The maximum Gasteiger partial charge on any atom is 0.351 e. The molecule has 0 aromatic rings. The number of hydrogen-bond acceptors (Lipinski definition) is 9. The van der Waals surface area contributed by atoms with Gasteiger partial charge in [-0.05, 0) is 27.2 Å². The Morgan fingerprint density at radius 2 is 1.79 bits per heavy atom. The zero-order valence-corrected chi connectivity index (χ0v) is 20.2. The zero-order chi connectivity index (χ0) is 24.9. The van der Waals surface area contributed by atoms with Crippen LogP contribution < -0.4 is 0 Å². The van der Waals surface area contributed by atoms with E-state index in [1.165, 1.54) is 20.8 Å². The van der Waals surface area contributed by atoms with Gasteiger partial charge in [-0.15, -0.1) is 0 Å². The number of aliphatic hydroxyl groups excluding tert-OH is 1. The van der Waals surface area contributed by atoms with Gasteiger partial charge in [0, 0.05) is 32.1 Å². The molecule has 2 fully saturated rings. The van der Waals surface area contributed by atoms with E-state index in [4.69, 9.17) is 18.9 Å². The van der Waals surface area contributed by atoms with Crippen molar-refractivity contribution in [1.82, 2.24) is 0 Å². The van der Waals surface area contributed by atoms with Crippen LogP contribution in [0, 0.1) is 23.7 Å². The molecule has 0 aromatic heterocycles. The molecular weight excluding hydrogens is 432 g/mol. The Morgan fingerprint density at radius 3 is 2.33 bits per heavy atom. The fraction of sp³-hybridized carbons (Fsp3) is 0.750. The molecular formula is C24H34O9. The van der Waals surface area contributed by atoms with Crippen molar-refractivity contribution in [3.8, 4) is 0 Å². The van der Waals surface area contributed by atoms with Crippen LogP contribution in [-0.4, -0.2) is 58.5 Å². The van der Waals surface area contributed by atoms with Crippen LogP contribution >= 0.6 is 0 Å². The van der Waals surface area contributed by atoms with E-state index in [-0.39, 0.29) is 6.42 Å². The second kappa shape index (κ2) is 8.74. The van der Waals surface area contributed by atoms with Crippen LogP contribution in [0.1, 0.15) is 61.3 Å².